The van der Waals surface area contributed by atoms with E-state index in [9.17, 15) is 9.59 Å². The van der Waals surface area contributed by atoms with E-state index < -0.39 is 18.0 Å². The fourth-order valence-electron chi connectivity index (χ4n) is 1.98. The minimum Gasteiger partial charge on any atom is -0.448 e. The Morgan fingerprint density at radius 2 is 2.05 bits per heavy atom. The smallest absolute Gasteiger partial charge is 0.359 e. The molecule has 1 heterocycles. The second-order valence-electron chi connectivity index (χ2n) is 6.26. The number of amides is 1. The minimum atomic E-state index is -0.952. The molecule has 20 heavy (non-hydrogen) atoms. The van der Waals surface area contributed by atoms with Crippen molar-refractivity contribution in [3.8, 4) is 0 Å². The molecule has 110 valence electrons. The first kappa shape index (κ1) is 14.6. The van der Waals surface area contributed by atoms with E-state index >= 15 is 0 Å². The predicted octanol–water partition coefficient (Wildman–Crippen LogP) is 1.55. The summed E-state index contributed by atoms with van der Waals surface area (Å²) in [5.74, 6) is -0.811. The van der Waals surface area contributed by atoms with Crippen molar-refractivity contribution in [1.82, 2.24) is 9.78 Å². The van der Waals surface area contributed by atoms with Crippen LogP contribution < -0.4 is 5.73 Å². The van der Waals surface area contributed by atoms with Crippen molar-refractivity contribution in [2.24, 2.45) is 5.73 Å². The topological polar surface area (TPSA) is 87.2 Å². The van der Waals surface area contributed by atoms with Crippen molar-refractivity contribution >= 4 is 11.9 Å². The van der Waals surface area contributed by atoms with E-state index in [1.807, 2.05) is 25.5 Å². The largest absolute Gasteiger partial charge is 0.448 e. The Balaban J connectivity index is 2.25. The van der Waals surface area contributed by atoms with Crippen LogP contribution in [0, 0.1) is 0 Å². The van der Waals surface area contributed by atoms with Gasteiger partial charge in [-0.25, -0.2) is 4.79 Å². The second kappa shape index (κ2) is 4.92. The highest BCUT2D eigenvalue weighted by Gasteiger charge is 2.33. The lowest BCUT2D eigenvalue weighted by atomic mass is 10.1. The number of nitrogens with zero attached hydrogens (tertiary/aromatic N) is 2. The number of hydrogen-bond donors (Lipinski definition) is 1. The van der Waals surface area contributed by atoms with Crippen molar-refractivity contribution in [3.63, 3.8) is 0 Å². The zero-order chi connectivity index (χ0) is 15.1. The lowest BCUT2D eigenvalue weighted by molar-refractivity contribution is -0.125. The summed E-state index contributed by atoms with van der Waals surface area (Å²) >= 11 is 0. The number of rotatable bonds is 4. The number of nitrogens with two attached hydrogens (primary N) is 1. The van der Waals surface area contributed by atoms with Crippen LogP contribution in [0.1, 0.15) is 62.6 Å². The van der Waals surface area contributed by atoms with Gasteiger partial charge in [0.25, 0.3) is 5.91 Å². The van der Waals surface area contributed by atoms with Crippen LogP contribution >= 0.6 is 0 Å². The fourth-order valence-corrected chi connectivity index (χ4v) is 1.98. The Hall–Kier alpha value is -1.85. The van der Waals surface area contributed by atoms with Gasteiger partial charge < -0.3 is 10.5 Å². The minimum absolute atomic E-state index is 0.203. The number of carbonyl (C=O) groups excluding carboxylic acids is 2. The molecule has 1 aromatic heterocycles. The van der Waals surface area contributed by atoms with E-state index in [-0.39, 0.29) is 11.2 Å². The van der Waals surface area contributed by atoms with E-state index in [0.717, 1.165) is 18.5 Å². The van der Waals surface area contributed by atoms with Crippen LogP contribution in [0.2, 0.25) is 0 Å². The summed E-state index contributed by atoms with van der Waals surface area (Å²) in [4.78, 5) is 22.9. The second-order valence-corrected chi connectivity index (χ2v) is 6.26. The molecular formula is C14H21N3O3. The van der Waals surface area contributed by atoms with Crippen molar-refractivity contribution in [2.75, 3.05) is 0 Å². The normalized spacial score (nSPS) is 16.8. The maximum atomic E-state index is 12.0. The highest BCUT2D eigenvalue weighted by atomic mass is 16.5. The first-order valence-electron chi connectivity index (χ1n) is 6.81. The quantitative estimate of drug-likeness (QED) is 0.847. The third kappa shape index (κ3) is 3.00. The molecule has 6 heteroatoms. The van der Waals surface area contributed by atoms with Crippen molar-refractivity contribution in [2.45, 2.75) is 58.1 Å². The molecule has 1 aromatic rings. The van der Waals surface area contributed by atoms with Gasteiger partial charge in [-0.2, -0.15) is 5.10 Å². The first-order valence-corrected chi connectivity index (χ1v) is 6.81. The van der Waals surface area contributed by atoms with Gasteiger partial charge in [-0.05, 0) is 46.6 Å². The number of hydrogen-bond acceptors (Lipinski definition) is 4. The lowest BCUT2D eigenvalue weighted by Crippen LogP contribution is -2.31. The monoisotopic (exact) mass is 279 g/mol. The van der Waals surface area contributed by atoms with Crippen LogP contribution in [-0.4, -0.2) is 27.8 Å². The van der Waals surface area contributed by atoms with Crippen molar-refractivity contribution < 1.29 is 14.3 Å². The predicted molar refractivity (Wildman–Crippen MR) is 73.3 cm³/mol. The number of ether oxygens (including phenoxy) is 1. The van der Waals surface area contributed by atoms with Gasteiger partial charge in [-0.3, -0.25) is 9.48 Å². The lowest BCUT2D eigenvalue weighted by Gasteiger charge is -2.22. The van der Waals surface area contributed by atoms with Gasteiger partial charge in [-0.15, -0.1) is 0 Å². The van der Waals surface area contributed by atoms with Crippen LogP contribution in [0.4, 0.5) is 0 Å². The molecule has 0 saturated heterocycles. The maximum Gasteiger partial charge on any atom is 0.359 e. The van der Waals surface area contributed by atoms with Crippen LogP contribution in [-0.2, 0) is 15.1 Å². The highest BCUT2D eigenvalue weighted by Crippen LogP contribution is 2.41. The summed E-state index contributed by atoms with van der Waals surface area (Å²) in [7, 11) is 0. The molecule has 1 aliphatic carbocycles. The van der Waals surface area contributed by atoms with Crippen molar-refractivity contribution in [1.29, 1.82) is 0 Å². The number of aromatic nitrogens is 2. The summed E-state index contributed by atoms with van der Waals surface area (Å²) < 4.78 is 6.86. The van der Waals surface area contributed by atoms with Gasteiger partial charge in [0.15, 0.2) is 11.8 Å². The van der Waals surface area contributed by atoms with Gasteiger partial charge in [0.1, 0.15) is 0 Å². The average molecular weight is 279 g/mol. The Bertz CT molecular complexity index is 538. The molecular weight excluding hydrogens is 258 g/mol. The molecule has 1 aliphatic rings. The Kier molecular flexibility index (Phi) is 3.58. The van der Waals surface area contributed by atoms with Gasteiger partial charge in [0.05, 0.1) is 5.54 Å². The SMILES string of the molecule is CC(OC(=O)c1cc(C2CC2)n(C(C)(C)C)n1)C(N)=O. The summed E-state index contributed by atoms with van der Waals surface area (Å²) in [6.45, 7) is 7.55. The summed E-state index contributed by atoms with van der Waals surface area (Å²) in [5, 5.41) is 4.35. The molecule has 1 atom stereocenters. The highest BCUT2D eigenvalue weighted by molar-refractivity contribution is 5.90. The summed E-state index contributed by atoms with van der Waals surface area (Å²) in [6, 6.07) is 1.76. The van der Waals surface area contributed by atoms with Crippen LogP contribution in [0.5, 0.6) is 0 Å². The molecule has 0 radical (unpaired) electrons. The zero-order valence-electron chi connectivity index (χ0n) is 12.3. The first-order chi connectivity index (χ1) is 9.20. The molecule has 1 amide bonds. The fraction of sp³-hybridized carbons (Fsp3) is 0.643. The Morgan fingerprint density at radius 1 is 1.45 bits per heavy atom. The molecule has 0 aliphatic heterocycles. The van der Waals surface area contributed by atoms with Crippen LogP contribution in [0.15, 0.2) is 6.07 Å². The van der Waals surface area contributed by atoms with Crippen molar-refractivity contribution in [3.05, 3.63) is 17.5 Å². The Labute approximate surface area is 118 Å². The summed E-state index contributed by atoms with van der Waals surface area (Å²) in [5.41, 5.74) is 6.16. The van der Waals surface area contributed by atoms with E-state index in [1.165, 1.54) is 6.92 Å². The molecule has 2 N–H and O–H groups in total. The molecule has 0 spiro atoms. The van der Waals surface area contributed by atoms with E-state index in [4.69, 9.17) is 10.5 Å². The van der Waals surface area contributed by atoms with Crippen LogP contribution in [0.25, 0.3) is 0 Å². The molecule has 6 nitrogen and oxygen atoms in total. The van der Waals surface area contributed by atoms with Gasteiger partial charge in [0, 0.05) is 11.6 Å². The molecule has 1 unspecified atom stereocenters. The summed E-state index contributed by atoms with van der Waals surface area (Å²) in [6.07, 6.45) is 1.29. The standard InChI is InChI=1S/C14H21N3O3/c1-8(12(15)18)20-13(19)10-7-11(9-5-6-9)17(16-10)14(2,3)4/h7-9H,5-6H2,1-4H3,(H2,15,18). The average Bonchev–Trinajstić information content (AvgIpc) is 3.05. The maximum absolute atomic E-state index is 12.0. The number of carbonyl (C=O) groups is 2. The van der Waals surface area contributed by atoms with Crippen LogP contribution in [0.3, 0.4) is 0 Å². The Morgan fingerprint density at radius 3 is 2.50 bits per heavy atom. The number of primary amides is 1. The zero-order valence-corrected chi connectivity index (χ0v) is 12.3. The third-order valence-corrected chi connectivity index (χ3v) is 3.26. The van der Waals surface area contributed by atoms with Gasteiger partial charge in [0.2, 0.25) is 0 Å². The van der Waals surface area contributed by atoms with Gasteiger partial charge in [-0.1, -0.05) is 0 Å². The third-order valence-electron chi connectivity index (χ3n) is 3.26. The molecule has 1 saturated carbocycles. The molecule has 0 aromatic carbocycles. The van der Waals surface area contributed by atoms with Gasteiger partial charge >= 0.3 is 5.97 Å². The van der Waals surface area contributed by atoms with E-state index in [2.05, 4.69) is 5.10 Å². The number of esters is 1. The molecule has 0 bridgehead atoms. The van der Waals surface area contributed by atoms with E-state index in [1.54, 1.807) is 6.07 Å². The van der Waals surface area contributed by atoms with E-state index in [0.29, 0.717) is 5.92 Å². The molecule has 1 fully saturated rings. The molecule has 2 rings (SSSR count).